The third-order valence-electron chi connectivity index (χ3n) is 11.1. The monoisotopic (exact) mass is 818 g/mol. The number of rotatable bonds is 19. The number of nitrogens with one attached hydrogen (secondary N) is 1. The predicted octanol–water partition coefficient (Wildman–Crippen LogP) is 6.70. The van der Waals surface area contributed by atoms with Gasteiger partial charge in [0, 0.05) is 67.3 Å². The number of pyridine rings is 2. The number of nitrogens with zero attached hydrogens (tertiary/aromatic N) is 3. The fraction of sp³-hybridized carbons (Fsp3) is 0.447. The van der Waals surface area contributed by atoms with Gasteiger partial charge in [0.05, 0.1) is 70.0 Å². The van der Waals surface area contributed by atoms with Crippen molar-refractivity contribution >= 4 is 29.1 Å². The summed E-state index contributed by atoms with van der Waals surface area (Å²) in [5.41, 5.74) is 8.45. The summed E-state index contributed by atoms with van der Waals surface area (Å²) in [7, 11) is 0. The van der Waals surface area contributed by atoms with Gasteiger partial charge >= 0.3 is 0 Å². The maximum atomic E-state index is 13.5. The molecule has 0 spiro atoms. The van der Waals surface area contributed by atoms with Gasteiger partial charge in [-0.15, -0.1) is 0 Å². The van der Waals surface area contributed by atoms with E-state index in [0.29, 0.717) is 96.8 Å². The number of aryl methyl sites for hydroxylation is 2. The first-order valence-corrected chi connectivity index (χ1v) is 21.2. The van der Waals surface area contributed by atoms with E-state index in [1.165, 1.54) is 35.1 Å². The van der Waals surface area contributed by atoms with E-state index in [4.69, 9.17) is 23.7 Å². The lowest BCUT2D eigenvalue weighted by molar-refractivity contribution is -0.123. The maximum absolute atomic E-state index is 13.5. The van der Waals surface area contributed by atoms with Crippen molar-refractivity contribution in [1.29, 1.82) is 0 Å². The zero-order valence-corrected chi connectivity index (χ0v) is 34.2. The van der Waals surface area contributed by atoms with E-state index < -0.39 is 17.9 Å². The topological polar surface area (TPSA) is 155 Å². The first-order chi connectivity index (χ1) is 29.5. The van der Waals surface area contributed by atoms with Crippen molar-refractivity contribution in [1.82, 2.24) is 14.9 Å². The Labute approximate surface area is 351 Å². The van der Waals surface area contributed by atoms with Gasteiger partial charge < -0.3 is 29.0 Å². The summed E-state index contributed by atoms with van der Waals surface area (Å²) in [5.74, 6) is -0.559. The lowest BCUT2D eigenvalue weighted by Crippen LogP contribution is -2.45. The third-order valence-corrected chi connectivity index (χ3v) is 11.1. The van der Waals surface area contributed by atoms with Crippen molar-refractivity contribution in [2.75, 3.05) is 71.3 Å². The number of aromatic nitrogens is 2. The van der Waals surface area contributed by atoms with Crippen LogP contribution in [0.4, 0.5) is 5.69 Å². The van der Waals surface area contributed by atoms with Gasteiger partial charge in [-0.3, -0.25) is 29.1 Å². The van der Waals surface area contributed by atoms with Gasteiger partial charge in [0.1, 0.15) is 12.4 Å². The van der Waals surface area contributed by atoms with Gasteiger partial charge in [0.25, 0.3) is 11.8 Å². The Balaban J connectivity index is 0.713. The summed E-state index contributed by atoms with van der Waals surface area (Å²) in [5, 5.41) is 3.19. The Morgan fingerprint density at radius 1 is 0.617 bits per heavy atom. The molecule has 1 fully saturated rings. The molecule has 1 atom stereocenters. The molecular weight excluding hydrogens is 765 g/mol. The number of Topliss-reactive ketones (excluding diaryl/α,β-unsaturated/α-hetero) is 2. The minimum atomic E-state index is -0.923. The summed E-state index contributed by atoms with van der Waals surface area (Å²) in [6, 6.07) is 16.9. The maximum Gasteiger partial charge on any atom is 0.264 e. The summed E-state index contributed by atoms with van der Waals surface area (Å²) < 4.78 is 28.3. The second-order valence-corrected chi connectivity index (χ2v) is 15.2. The fourth-order valence-corrected chi connectivity index (χ4v) is 8.00. The van der Waals surface area contributed by atoms with Crippen LogP contribution < -0.4 is 10.1 Å². The van der Waals surface area contributed by atoms with Gasteiger partial charge in [-0.25, -0.2) is 4.98 Å². The van der Waals surface area contributed by atoms with Crippen LogP contribution in [0.25, 0.3) is 22.3 Å². The Morgan fingerprint density at radius 2 is 1.32 bits per heavy atom. The highest BCUT2D eigenvalue weighted by Crippen LogP contribution is 2.35. The number of benzene rings is 2. The van der Waals surface area contributed by atoms with E-state index in [1.54, 1.807) is 18.2 Å². The average Bonchev–Trinajstić information content (AvgIpc) is 3.55. The number of carbonyl (C=O) groups is 4. The van der Waals surface area contributed by atoms with Crippen LogP contribution in [0.15, 0.2) is 73.2 Å². The Kier molecular flexibility index (Phi) is 15.5. The highest BCUT2D eigenvalue weighted by atomic mass is 16.6. The Morgan fingerprint density at radius 3 is 2.08 bits per heavy atom. The number of ketones is 2. The number of hydrogen-bond donors (Lipinski definition) is 1. The predicted molar refractivity (Wildman–Crippen MR) is 225 cm³/mol. The van der Waals surface area contributed by atoms with Crippen molar-refractivity contribution in [2.24, 2.45) is 0 Å². The molecule has 1 saturated carbocycles. The number of ether oxygens (including phenoxy) is 5. The van der Waals surface area contributed by atoms with Gasteiger partial charge in [0.15, 0.2) is 5.78 Å². The standard InChI is InChI=1S/C47H54N4O9/c52-37-8-3-4-11-43(53)42(16-14-37)51-46(54)39-9-5-10-41(45(39)47(51)55)49-20-21-56-22-23-57-24-25-58-26-27-59-28-29-60-44-17-13-36(31-50-44)34-12-15-38-35(30-34)7-2-1-6-33-18-19-48-32-40(33)38/h5,9-10,12-13,15,17-19,30-32,42,49H,1-4,6-8,11,14,16,20-29H2. The third kappa shape index (κ3) is 11.1. The molecule has 7 rings (SSSR count). The number of amides is 2. The molecule has 13 nitrogen and oxygen atoms in total. The number of imide groups is 1. The summed E-state index contributed by atoms with van der Waals surface area (Å²) in [4.78, 5) is 61.9. The van der Waals surface area contributed by atoms with Crippen molar-refractivity contribution < 1.29 is 42.9 Å². The minimum absolute atomic E-state index is 0.0567. The summed E-state index contributed by atoms with van der Waals surface area (Å²) >= 11 is 0. The molecule has 0 bridgehead atoms. The van der Waals surface area contributed by atoms with Crippen molar-refractivity contribution in [3.8, 4) is 28.1 Å². The molecule has 3 aliphatic rings. The van der Waals surface area contributed by atoms with Crippen LogP contribution in [0.5, 0.6) is 5.88 Å². The highest BCUT2D eigenvalue weighted by molar-refractivity contribution is 6.25. The zero-order chi connectivity index (χ0) is 41.5. The smallest absolute Gasteiger partial charge is 0.264 e. The summed E-state index contributed by atoms with van der Waals surface area (Å²) in [6.07, 6.45) is 12.5. The van der Waals surface area contributed by atoms with Crippen molar-refractivity contribution in [3.63, 3.8) is 0 Å². The number of fused-ring (bicyclic) bond motifs is 4. The first kappa shape index (κ1) is 42.8. The van der Waals surface area contributed by atoms with E-state index in [-0.39, 0.29) is 42.0 Å². The number of hydrogen-bond acceptors (Lipinski definition) is 12. The van der Waals surface area contributed by atoms with Gasteiger partial charge in [-0.05, 0) is 91.5 Å². The van der Waals surface area contributed by atoms with E-state index in [9.17, 15) is 19.2 Å². The van der Waals surface area contributed by atoms with Crippen molar-refractivity contribution in [2.45, 2.75) is 70.3 Å². The summed E-state index contributed by atoms with van der Waals surface area (Å²) in [6.45, 7) is 4.05. The molecule has 1 unspecified atom stereocenters. The average molecular weight is 819 g/mol. The van der Waals surface area contributed by atoms with Crippen LogP contribution in [-0.2, 0) is 41.4 Å². The number of anilines is 1. The normalized spacial score (nSPS) is 16.9. The molecule has 0 radical (unpaired) electrons. The fourth-order valence-electron chi connectivity index (χ4n) is 8.00. The molecule has 2 aromatic carbocycles. The molecule has 316 valence electrons. The van der Waals surface area contributed by atoms with E-state index in [2.05, 4.69) is 39.6 Å². The molecule has 60 heavy (non-hydrogen) atoms. The van der Waals surface area contributed by atoms with Crippen molar-refractivity contribution in [3.05, 3.63) is 95.4 Å². The zero-order valence-electron chi connectivity index (χ0n) is 34.2. The molecule has 2 aromatic heterocycles. The second kappa shape index (κ2) is 21.8. The first-order valence-electron chi connectivity index (χ1n) is 21.2. The van der Waals surface area contributed by atoms with E-state index in [1.807, 2.05) is 30.7 Å². The molecule has 13 heteroatoms. The number of carbonyl (C=O) groups excluding carboxylic acids is 4. The molecule has 0 saturated heterocycles. The SMILES string of the molecule is O=C1CCCCC(=O)C(N2C(=O)c3cccc(NCCOCCOCCOCCOCCOc4ccc(-c5ccc6c(c5)CCCCc5ccncc5-6)cn4)c3C2=O)CC1. The molecule has 3 heterocycles. The lowest BCUT2D eigenvalue weighted by Gasteiger charge is -2.24. The highest BCUT2D eigenvalue weighted by Gasteiger charge is 2.44. The molecule has 4 aromatic rings. The van der Waals surface area contributed by atoms with E-state index in [0.717, 1.165) is 28.9 Å². The molecular formula is C47H54N4O9. The van der Waals surface area contributed by atoms with E-state index >= 15 is 0 Å². The van der Waals surface area contributed by atoms with Crippen LogP contribution in [0, 0.1) is 0 Å². The van der Waals surface area contributed by atoms with Crippen LogP contribution in [0.1, 0.15) is 83.2 Å². The van der Waals surface area contributed by atoms with Crippen LogP contribution >= 0.6 is 0 Å². The second-order valence-electron chi connectivity index (χ2n) is 15.2. The quantitative estimate of drug-likeness (QED) is 0.0791. The molecule has 2 amide bonds. The molecule has 1 N–H and O–H groups in total. The van der Waals surface area contributed by atoms with Gasteiger partial charge in [-0.1, -0.05) is 24.3 Å². The lowest BCUT2D eigenvalue weighted by atomic mass is 9.87. The Hall–Kier alpha value is -5.34. The Bertz CT molecular complexity index is 2110. The van der Waals surface area contributed by atoms with Crippen LogP contribution in [0.2, 0.25) is 0 Å². The van der Waals surface area contributed by atoms with Gasteiger partial charge in [0.2, 0.25) is 5.88 Å². The van der Waals surface area contributed by atoms with Crippen LogP contribution in [0.3, 0.4) is 0 Å². The minimum Gasteiger partial charge on any atom is -0.475 e. The molecule has 1 aliphatic heterocycles. The largest absolute Gasteiger partial charge is 0.475 e. The van der Waals surface area contributed by atoms with Gasteiger partial charge in [-0.2, -0.15) is 0 Å². The van der Waals surface area contributed by atoms with Crippen LogP contribution in [-0.4, -0.2) is 110 Å². The molecule has 2 aliphatic carbocycles.